The average molecular weight is 289 g/mol. The highest BCUT2D eigenvalue weighted by atomic mass is 16.5. The maximum Gasteiger partial charge on any atom is 0.0690 e. The first kappa shape index (κ1) is 14.9. The van der Waals surface area contributed by atoms with Crippen LogP contribution in [0.15, 0.2) is 24.5 Å². The third-order valence-electron chi connectivity index (χ3n) is 5.60. The van der Waals surface area contributed by atoms with E-state index in [0.29, 0.717) is 12.0 Å². The van der Waals surface area contributed by atoms with E-state index in [1.54, 1.807) is 0 Å². The third-order valence-corrected chi connectivity index (χ3v) is 5.60. The first-order valence-corrected chi connectivity index (χ1v) is 7.93. The van der Waals surface area contributed by atoms with Crippen molar-refractivity contribution in [2.45, 2.75) is 44.9 Å². The monoisotopic (exact) mass is 289 g/mol. The molecule has 1 aromatic rings. The SMILES string of the molecule is CN(Cc1cccnc1)CC1(N)C2CCCOC2C1(C)C. The van der Waals surface area contributed by atoms with Gasteiger partial charge >= 0.3 is 0 Å². The maximum atomic E-state index is 6.85. The van der Waals surface area contributed by atoms with Gasteiger partial charge in [0, 0.05) is 49.0 Å². The summed E-state index contributed by atoms with van der Waals surface area (Å²) in [6.45, 7) is 7.21. The number of rotatable bonds is 4. The lowest BCUT2D eigenvalue weighted by Gasteiger charge is -2.67. The molecule has 0 bridgehead atoms. The number of nitrogens with two attached hydrogens (primary N) is 1. The second-order valence-corrected chi connectivity index (χ2v) is 7.34. The first-order valence-electron chi connectivity index (χ1n) is 7.93. The molecule has 0 amide bonds. The summed E-state index contributed by atoms with van der Waals surface area (Å²) < 4.78 is 5.98. The molecule has 1 saturated carbocycles. The summed E-state index contributed by atoms with van der Waals surface area (Å²) in [5.74, 6) is 0.498. The van der Waals surface area contributed by atoms with Crippen LogP contribution in [0.3, 0.4) is 0 Å². The number of nitrogens with zero attached hydrogens (tertiary/aromatic N) is 2. The molecule has 2 fully saturated rings. The zero-order valence-electron chi connectivity index (χ0n) is 13.4. The Bertz CT molecular complexity index is 490. The summed E-state index contributed by atoms with van der Waals surface area (Å²) in [7, 11) is 2.15. The summed E-state index contributed by atoms with van der Waals surface area (Å²) in [6.07, 6.45) is 6.42. The van der Waals surface area contributed by atoms with E-state index in [1.165, 1.54) is 12.0 Å². The number of hydrogen-bond donors (Lipinski definition) is 1. The zero-order chi connectivity index (χ0) is 15.1. The van der Waals surface area contributed by atoms with Gasteiger partial charge in [0.25, 0.3) is 0 Å². The summed E-state index contributed by atoms with van der Waals surface area (Å²) in [5, 5.41) is 0. The van der Waals surface area contributed by atoms with E-state index in [2.05, 4.69) is 36.8 Å². The smallest absolute Gasteiger partial charge is 0.0690 e. The molecule has 0 spiro atoms. The van der Waals surface area contributed by atoms with Crippen molar-refractivity contribution in [3.63, 3.8) is 0 Å². The highest BCUT2D eigenvalue weighted by molar-refractivity contribution is 5.21. The molecule has 2 heterocycles. The summed E-state index contributed by atoms with van der Waals surface area (Å²) in [4.78, 5) is 6.51. The van der Waals surface area contributed by atoms with Crippen molar-refractivity contribution < 1.29 is 4.74 Å². The third kappa shape index (κ3) is 2.39. The van der Waals surface area contributed by atoms with Crippen LogP contribution in [-0.4, -0.2) is 41.7 Å². The Morgan fingerprint density at radius 3 is 3.00 bits per heavy atom. The number of ether oxygens (including phenoxy) is 1. The fourth-order valence-electron chi connectivity index (χ4n) is 4.29. The lowest BCUT2D eigenvalue weighted by atomic mass is 9.46. The molecule has 1 saturated heterocycles. The molecule has 3 rings (SSSR count). The zero-order valence-corrected chi connectivity index (χ0v) is 13.4. The van der Waals surface area contributed by atoms with E-state index < -0.39 is 0 Å². The van der Waals surface area contributed by atoms with Gasteiger partial charge < -0.3 is 15.4 Å². The van der Waals surface area contributed by atoms with E-state index in [-0.39, 0.29) is 11.0 Å². The summed E-state index contributed by atoms with van der Waals surface area (Å²) in [6, 6.07) is 4.10. The van der Waals surface area contributed by atoms with Crippen LogP contribution in [0.1, 0.15) is 32.3 Å². The maximum absolute atomic E-state index is 6.85. The standard InChI is InChI=1S/C17H27N3O/c1-16(2)15-14(7-5-9-21-15)17(16,18)12-20(3)11-13-6-4-8-19-10-13/h4,6,8,10,14-15H,5,7,9,11-12,18H2,1-3H3. The molecule has 3 unspecified atom stereocenters. The van der Waals surface area contributed by atoms with Crippen molar-refractivity contribution in [3.8, 4) is 0 Å². The van der Waals surface area contributed by atoms with Crippen LogP contribution >= 0.6 is 0 Å². The van der Waals surface area contributed by atoms with Crippen LogP contribution in [0, 0.1) is 11.3 Å². The quantitative estimate of drug-likeness (QED) is 0.921. The van der Waals surface area contributed by atoms with Crippen molar-refractivity contribution in [2.24, 2.45) is 17.1 Å². The number of fused-ring (bicyclic) bond motifs is 1. The van der Waals surface area contributed by atoms with Crippen molar-refractivity contribution in [1.29, 1.82) is 0 Å². The number of likely N-dealkylation sites (N-methyl/N-ethyl adjacent to an activating group) is 1. The van der Waals surface area contributed by atoms with Gasteiger partial charge in [0.05, 0.1) is 6.10 Å². The fourth-order valence-corrected chi connectivity index (χ4v) is 4.29. The highest BCUT2D eigenvalue weighted by Crippen LogP contribution is 2.57. The van der Waals surface area contributed by atoms with E-state index in [0.717, 1.165) is 26.1 Å². The molecule has 2 N–H and O–H groups in total. The van der Waals surface area contributed by atoms with Crippen LogP contribution in [0.25, 0.3) is 0 Å². The number of pyridine rings is 1. The summed E-state index contributed by atoms with van der Waals surface area (Å²) in [5.41, 5.74) is 7.97. The molecular formula is C17H27N3O. The normalized spacial score (nSPS) is 34.3. The summed E-state index contributed by atoms with van der Waals surface area (Å²) >= 11 is 0. The van der Waals surface area contributed by atoms with Gasteiger partial charge in [-0.05, 0) is 31.5 Å². The van der Waals surface area contributed by atoms with Gasteiger partial charge in [-0.25, -0.2) is 0 Å². The highest BCUT2D eigenvalue weighted by Gasteiger charge is 2.66. The second-order valence-electron chi connectivity index (χ2n) is 7.34. The van der Waals surface area contributed by atoms with Crippen LogP contribution in [0.4, 0.5) is 0 Å². The molecule has 0 aromatic carbocycles. The molecule has 1 aromatic heterocycles. The van der Waals surface area contributed by atoms with Crippen molar-refractivity contribution in [3.05, 3.63) is 30.1 Å². The fraction of sp³-hybridized carbons (Fsp3) is 0.706. The molecule has 4 nitrogen and oxygen atoms in total. The van der Waals surface area contributed by atoms with E-state index in [1.807, 2.05) is 18.5 Å². The Balaban J connectivity index is 1.68. The number of aromatic nitrogens is 1. The Morgan fingerprint density at radius 2 is 2.29 bits per heavy atom. The van der Waals surface area contributed by atoms with Crippen molar-refractivity contribution in [2.75, 3.05) is 20.2 Å². The molecule has 2 aliphatic rings. The lowest BCUT2D eigenvalue weighted by Crippen LogP contribution is -2.80. The van der Waals surface area contributed by atoms with E-state index >= 15 is 0 Å². The minimum atomic E-state index is -0.158. The molecule has 4 heteroatoms. The van der Waals surface area contributed by atoms with Gasteiger partial charge in [0.1, 0.15) is 0 Å². The van der Waals surface area contributed by atoms with Gasteiger partial charge in [-0.1, -0.05) is 19.9 Å². The van der Waals surface area contributed by atoms with Gasteiger partial charge in [-0.3, -0.25) is 4.98 Å². The van der Waals surface area contributed by atoms with Crippen LogP contribution in [0.5, 0.6) is 0 Å². The van der Waals surface area contributed by atoms with E-state index in [4.69, 9.17) is 10.5 Å². The minimum absolute atomic E-state index is 0.0429. The number of hydrogen-bond acceptors (Lipinski definition) is 4. The Kier molecular flexibility index (Phi) is 3.80. The second kappa shape index (κ2) is 5.34. The van der Waals surface area contributed by atoms with Gasteiger partial charge in [-0.15, -0.1) is 0 Å². The topological polar surface area (TPSA) is 51.4 Å². The minimum Gasteiger partial charge on any atom is -0.377 e. The Hall–Kier alpha value is -0.970. The molecule has 116 valence electrons. The molecule has 21 heavy (non-hydrogen) atoms. The molecule has 0 radical (unpaired) electrons. The van der Waals surface area contributed by atoms with Gasteiger partial charge in [-0.2, -0.15) is 0 Å². The molecular weight excluding hydrogens is 262 g/mol. The molecule has 3 atom stereocenters. The van der Waals surface area contributed by atoms with Gasteiger partial charge in [0.2, 0.25) is 0 Å². The van der Waals surface area contributed by atoms with E-state index in [9.17, 15) is 0 Å². The van der Waals surface area contributed by atoms with Gasteiger partial charge in [0.15, 0.2) is 0 Å². The molecule has 1 aliphatic carbocycles. The van der Waals surface area contributed by atoms with Crippen molar-refractivity contribution in [1.82, 2.24) is 9.88 Å². The molecule has 1 aliphatic heterocycles. The largest absolute Gasteiger partial charge is 0.377 e. The van der Waals surface area contributed by atoms with Crippen LogP contribution < -0.4 is 5.73 Å². The lowest BCUT2D eigenvalue weighted by molar-refractivity contribution is -0.231. The van der Waals surface area contributed by atoms with Crippen molar-refractivity contribution >= 4 is 0 Å². The predicted molar refractivity (Wildman–Crippen MR) is 83.7 cm³/mol. The van der Waals surface area contributed by atoms with Crippen LogP contribution in [-0.2, 0) is 11.3 Å². The Morgan fingerprint density at radius 1 is 1.48 bits per heavy atom. The Labute approximate surface area is 127 Å². The average Bonchev–Trinajstić information content (AvgIpc) is 2.48. The van der Waals surface area contributed by atoms with Crippen LogP contribution in [0.2, 0.25) is 0 Å². The predicted octanol–water partition coefficient (Wildman–Crippen LogP) is 2.05. The first-order chi connectivity index (χ1) is 9.95.